The van der Waals surface area contributed by atoms with Crippen molar-refractivity contribution in [3.63, 3.8) is 0 Å². The number of rotatable bonds is 4. The lowest BCUT2D eigenvalue weighted by atomic mass is 9.48. The van der Waals surface area contributed by atoms with E-state index >= 15 is 0 Å². The number of nitrogens with zero attached hydrogens (tertiary/aromatic N) is 1. The van der Waals surface area contributed by atoms with Crippen molar-refractivity contribution >= 4 is 5.97 Å². The van der Waals surface area contributed by atoms with Crippen LogP contribution in [-0.2, 0) is 4.79 Å². The molecular formula is C11H17NO4. The van der Waals surface area contributed by atoms with Crippen LogP contribution in [-0.4, -0.2) is 22.5 Å². The number of hydrogen-bond acceptors (Lipinski definition) is 3. The van der Waals surface area contributed by atoms with Crippen molar-refractivity contribution < 1.29 is 14.8 Å². The van der Waals surface area contributed by atoms with Crippen LogP contribution < -0.4 is 0 Å². The lowest BCUT2D eigenvalue weighted by molar-refractivity contribution is -0.508. The van der Waals surface area contributed by atoms with Crippen molar-refractivity contribution in [2.75, 3.05) is 6.54 Å². The average molecular weight is 227 g/mol. The van der Waals surface area contributed by atoms with Gasteiger partial charge in [-0.3, -0.25) is 14.9 Å². The van der Waals surface area contributed by atoms with Crippen LogP contribution >= 0.6 is 0 Å². The van der Waals surface area contributed by atoms with Gasteiger partial charge in [0.1, 0.15) is 0 Å². The van der Waals surface area contributed by atoms with Gasteiger partial charge in [0.25, 0.3) is 0 Å². The summed E-state index contributed by atoms with van der Waals surface area (Å²) in [6, 6.07) is 0. The van der Waals surface area contributed by atoms with Crippen molar-refractivity contribution in [1.82, 2.24) is 0 Å². The van der Waals surface area contributed by atoms with Gasteiger partial charge in [0, 0.05) is 10.3 Å². The molecule has 0 radical (unpaired) electrons. The normalized spacial score (nSPS) is 37.2. The zero-order chi connectivity index (χ0) is 11.8. The Balaban J connectivity index is 2.10. The summed E-state index contributed by atoms with van der Waals surface area (Å²) in [6.45, 7) is -0.166. The molecule has 16 heavy (non-hydrogen) atoms. The Morgan fingerprint density at radius 1 is 1.44 bits per heavy atom. The fraction of sp³-hybridized carbons (Fsp3) is 0.909. The molecule has 2 aliphatic carbocycles. The second-order valence-electron chi connectivity index (χ2n) is 5.28. The van der Waals surface area contributed by atoms with E-state index in [0.717, 1.165) is 25.7 Å². The third-order valence-electron chi connectivity index (χ3n) is 4.31. The zero-order valence-corrected chi connectivity index (χ0v) is 9.22. The Morgan fingerprint density at radius 2 is 2.12 bits per heavy atom. The van der Waals surface area contributed by atoms with E-state index in [0.29, 0.717) is 5.92 Å². The van der Waals surface area contributed by atoms with Gasteiger partial charge in [-0.25, -0.2) is 0 Å². The summed E-state index contributed by atoms with van der Waals surface area (Å²) in [4.78, 5) is 21.2. The van der Waals surface area contributed by atoms with Crippen LogP contribution in [0.2, 0.25) is 0 Å². The van der Waals surface area contributed by atoms with Gasteiger partial charge < -0.3 is 5.11 Å². The van der Waals surface area contributed by atoms with Gasteiger partial charge in [-0.1, -0.05) is 19.3 Å². The third-order valence-corrected chi connectivity index (χ3v) is 4.31. The molecule has 0 amide bonds. The number of carbonyl (C=O) groups is 1. The number of nitro groups is 1. The summed E-state index contributed by atoms with van der Waals surface area (Å²) >= 11 is 0. The quantitative estimate of drug-likeness (QED) is 0.587. The molecule has 1 N–H and O–H groups in total. The van der Waals surface area contributed by atoms with Crippen LogP contribution in [0.3, 0.4) is 0 Å². The van der Waals surface area contributed by atoms with E-state index in [9.17, 15) is 14.9 Å². The molecule has 90 valence electrons. The van der Waals surface area contributed by atoms with E-state index in [2.05, 4.69) is 0 Å². The van der Waals surface area contributed by atoms with Crippen LogP contribution in [0.1, 0.15) is 38.5 Å². The molecule has 5 nitrogen and oxygen atoms in total. The van der Waals surface area contributed by atoms with Gasteiger partial charge in [0.05, 0.1) is 6.42 Å². The van der Waals surface area contributed by atoms with Gasteiger partial charge in [-0.15, -0.1) is 0 Å². The SMILES string of the molecule is O=C(O)CC1(C[N+](=O)[O-])CC2CCCCC21. The van der Waals surface area contributed by atoms with Crippen molar-refractivity contribution in [1.29, 1.82) is 0 Å². The predicted molar refractivity (Wildman–Crippen MR) is 56.6 cm³/mol. The average Bonchev–Trinajstić information content (AvgIpc) is 2.14. The van der Waals surface area contributed by atoms with Crippen LogP contribution in [0.15, 0.2) is 0 Å². The van der Waals surface area contributed by atoms with Gasteiger partial charge in [-0.05, 0) is 24.7 Å². The lowest BCUT2D eigenvalue weighted by Crippen LogP contribution is -2.54. The predicted octanol–water partition coefficient (Wildman–Crippen LogP) is 1.93. The maximum atomic E-state index is 10.8. The first-order chi connectivity index (χ1) is 7.53. The highest BCUT2D eigenvalue weighted by molar-refractivity contribution is 5.68. The van der Waals surface area contributed by atoms with Crippen LogP contribution in [0.4, 0.5) is 0 Å². The van der Waals surface area contributed by atoms with Crippen molar-refractivity contribution in [2.24, 2.45) is 17.3 Å². The largest absolute Gasteiger partial charge is 0.481 e. The fourth-order valence-electron chi connectivity index (χ4n) is 3.77. The molecule has 2 saturated carbocycles. The molecule has 0 spiro atoms. The van der Waals surface area contributed by atoms with Gasteiger partial charge >= 0.3 is 5.97 Å². The first-order valence-electron chi connectivity index (χ1n) is 5.87. The zero-order valence-electron chi connectivity index (χ0n) is 9.22. The molecule has 0 aliphatic heterocycles. The van der Waals surface area contributed by atoms with Crippen molar-refractivity contribution in [2.45, 2.75) is 38.5 Å². The van der Waals surface area contributed by atoms with Crippen LogP contribution in [0.25, 0.3) is 0 Å². The lowest BCUT2D eigenvalue weighted by Gasteiger charge is -2.55. The molecule has 0 bridgehead atoms. The second-order valence-corrected chi connectivity index (χ2v) is 5.28. The molecular weight excluding hydrogens is 210 g/mol. The van der Waals surface area contributed by atoms with Gasteiger partial charge in [0.2, 0.25) is 6.54 Å². The first kappa shape index (κ1) is 11.4. The van der Waals surface area contributed by atoms with E-state index in [1.807, 2.05) is 0 Å². The highest BCUT2D eigenvalue weighted by Gasteiger charge is 2.57. The molecule has 0 aromatic heterocycles. The van der Waals surface area contributed by atoms with Crippen molar-refractivity contribution in [3.8, 4) is 0 Å². The third kappa shape index (κ3) is 1.90. The van der Waals surface area contributed by atoms with E-state index in [-0.39, 0.29) is 23.8 Å². The highest BCUT2D eigenvalue weighted by atomic mass is 16.6. The van der Waals surface area contributed by atoms with E-state index in [4.69, 9.17) is 5.11 Å². The Labute approximate surface area is 94.0 Å². The molecule has 3 atom stereocenters. The maximum absolute atomic E-state index is 10.8. The topological polar surface area (TPSA) is 80.4 Å². The molecule has 5 heteroatoms. The molecule has 0 aromatic carbocycles. The van der Waals surface area contributed by atoms with Crippen LogP contribution in [0, 0.1) is 27.4 Å². The summed E-state index contributed by atoms with van der Waals surface area (Å²) in [5, 5.41) is 19.6. The van der Waals surface area contributed by atoms with Gasteiger partial charge in [0.15, 0.2) is 0 Å². The smallest absolute Gasteiger partial charge is 0.304 e. The molecule has 0 heterocycles. The number of carboxylic acid groups (broad SMARTS) is 1. The molecule has 2 fully saturated rings. The van der Waals surface area contributed by atoms with Crippen molar-refractivity contribution in [3.05, 3.63) is 10.1 Å². The van der Waals surface area contributed by atoms with Gasteiger partial charge in [-0.2, -0.15) is 0 Å². The van der Waals surface area contributed by atoms with Crippen LogP contribution in [0.5, 0.6) is 0 Å². The molecule has 2 rings (SSSR count). The fourth-order valence-corrected chi connectivity index (χ4v) is 3.77. The molecule has 3 unspecified atom stereocenters. The van der Waals surface area contributed by atoms with E-state index in [1.54, 1.807) is 0 Å². The Bertz CT molecular complexity index is 299. The maximum Gasteiger partial charge on any atom is 0.304 e. The summed E-state index contributed by atoms with van der Waals surface area (Å²) in [6.07, 6.45) is 5.11. The minimum absolute atomic E-state index is 0.0326. The summed E-state index contributed by atoms with van der Waals surface area (Å²) < 4.78 is 0. The summed E-state index contributed by atoms with van der Waals surface area (Å²) in [5.41, 5.74) is -0.541. The minimum atomic E-state index is -0.897. The molecule has 0 saturated heterocycles. The summed E-state index contributed by atoms with van der Waals surface area (Å²) in [7, 11) is 0. The van der Waals surface area contributed by atoms with E-state index in [1.165, 1.54) is 6.42 Å². The molecule has 2 aliphatic rings. The summed E-state index contributed by atoms with van der Waals surface area (Å²) in [5.74, 6) is -0.0679. The van der Waals surface area contributed by atoms with E-state index < -0.39 is 11.4 Å². The molecule has 0 aromatic rings. The monoisotopic (exact) mass is 227 g/mol. The second kappa shape index (κ2) is 4.03. The first-order valence-corrected chi connectivity index (χ1v) is 5.87. The number of aliphatic carboxylic acids is 1. The Morgan fingerprint density at radius 3 is 2.69 bits per heavy atom. The highest BCUT2D eigenvalue weighted by Crippen LogP contribution is 2.59. The minimum Gasteiger partial charge on any atom is -0.481 e. The number of hydrogen-bond donors (Lipinski definition) is 1. The Kier molecular flexibility index (Phi) is 2.86. The Hall–Kier alpha value is -1.13. The standard InChI is InChI=1S/C11H17NO4/c13-10(14)6-11(7-12(15)16)5-8-3-1-2-4-9(8)11/h8-9H,1-7H2,(H,13,14). The number of carboxylic acids is 1. The number of fused-ring (bicyclic) bond motifs is 1.